The van der Waals surface area contributed by atoms with Crippen molar-refractivity contribution >= 4 is 22.4 Å². The van der Waals surface area contributed by atoms with Crippen LogP contribution >= 0.6 is 0 Å². The Morgan fingerprint density at radius 1 is 1.11 bits per heavy atom. The van der Waals surface area contributed by atoms with Crippen LogP contribution in [0.1, 0.15) is 6.42 Å². The molecule has 1 saturated heterocycles. The molecule has 1 aliphatic rings. The Morgan fingerprint density at radius 3 is 2.30 bits per heavy atom. The lowest BCUT2D eigenvalue weighted by atomic mass is 10.2. The Bertz CT molecular complexity index is 974. The quantitative estimate of drug-likeness (QED) is 0.333. The third-order valence-corrected chi connectivity index (χ3v) is 4.87. The third kappa shape index (κ3) is 3.86. The van der Waals surface area contributed by atoms with E-state index in [4.69, 9.17) is 4.74 Å². The van der Waals surface area contributed by atoms with Gasteiger partial charge in [0.2, 0.25) is 0 Å². The number of anilines is 1. The molecule has 27 heavy (non-hydrogen) atoms. The Kier molecular flexibility index (Phi) is 5.57. The zero-order chi connectivity index (χ0) is 19.6. The van der Waals surface area contributed by atoms with Gasteiger partial charge >= 0.3 is 11.1 Å². The van der Waals surface area contributed by atoms with Gasteiger partial charge in [0, 0.05) is 39.8 Å². The highest BCUT2D eigenvalue weighted by atomic mass is 16.6. The van der Waals surface area contributed by atoms with Crippen LogP contribution in [-0.4, -0.2) is 58.4 Å². The molecule has 0 unspecified atom stereocenters. The first kappa shape index (κ1) is 19.1. The predicted molar refractivity (Wildman–Crippen MR) is 101 cm³/mol. The highest BCUT2D eigenvalue weighted by Crippen LogP contribution is 2.29. The minimum absolute atomic E-state index is 0.123. The number of rotatable bonds is 6. The van der Waals surface area contributed by atoms with Crippen molar-refractivity contribution < 1.29 is 9.66 Å². The smallest absolute Gasteiger partial charge is 0.316 e. The van der Waals surface area contributed by atoms with E-state index in [1.165, 1.54) is 24.7 Å². The average Bonchev–Trinajstić information content (AvgIpc) is 2.68. The molecule has 2 aromatic rings. The Morgan fingerprint density at radius 2 is 1.70 bits per heavy atom. The van der Waals surface area contributed by atoms with Crippen LogP contribution < -0.4 is 16.4 Å². The summed E-state index contributed by atoms with van der Waals surface area (Å²) in [5.74, 6) is 0. The predicted octanol–water partition coefficient (Wildman–Crippen LogP) is 0.280. The van der Waals surface area contributed by atoms with E-state index in [1.54, 1.807) is 6.07 Å². The van der Waals surface area contributed by atoms with Crippen LogP contribution in [0.15, 0.2) is 21.7 Å². The molecule has 10 heteroatoms. The van der Waals surface area contributed by atoms with Crippen molar-refractivity contribution in [3.8, 4) is 0 Å². The number of benzene rings is 1. The Hall–Kier alpha value is -2.72. The van der Waals surface area contributed by atoms with Gasteiger partial charge in [-0.15, -0.1) is 0 Å². The summed E-state index contributed by atoms with van der Waals surface area (Å²) in [6.07, 6.45) is 0.821. The molecule has 0 spiro atoms. The van der Waals surface area contributed by atoms with Gasteiger partial charge in [0.25, 0.3) is 5.69 Å². The molecule has 0 aliphatic carbocycles. The van der Waals surface area contributed by atoms with Crippen LogP contribution in [0.25, 0.3) is 11.0 Å². The van der Waals surface area contributed by atoms with Crippen molar-refractivity contribution in [3.05, 3.63) is 43.0 Å². The normalized spacial score (nSPS) is 15.2. The second-order valence-electron chi connectivity index (χ2n) is 6.58. The fourth-order valence-electron chi connectivity index (χ4n) is 3.25. The number of hydrogen-bond acceptors (Lipinski definition) is 7. The number of fused-ring (bicyclic) bond motifs is 1. The van der Waals surface area contributed by atoms with Crippen LogP contribution in [0.3, 0.4) is 0 Å². The van der Waals surface area contributed by atoms with Crippen LogP contribution in [0.4, 0.5) is 11.4 Å². The topological polar surface area (TPSA) is 112 Å². The zero-order valence-corrected chi connectivity index (χ0v) is 15.4. The lowest BCUT2D eigenvalue weighted by molar-refractivity contribution is -0.383. The Balaban J connectivity index is 1.85. The molecule has 0 saturated carbocycles. The SMILES string of the molecule is Cn1c(=O)c(=O)n(C)c2cc([N+](=O)[O-])c(NCCCN3CCOCC3)cc21. The highest BCUT2D eigenvalue weighted by molar-refractivity contribution is 5.85. The number of ether oxygens (including phenoxy) is 1. The van der Waals surface area contributed by atoms with Crippen molar-refractivity contribution in [3.63, 3.8) is 0 Å². The number of nitrogens with one attached hydrogen (secondary N) is 1. The Labute approximate surface area is 155 Å². The van der Waals surface area contributed by atoms with Crippen LogP contribution in [0.5, 0.6) is 0 Å². The van der Waals surface area contributed by atoms with Gasteiger partial charge in [-0.1, -0.05) is 0 Å². The van der Waals surface area contributed by atoms with Crippen molar-refractivity contribution in [1.29, 1.82) is 0 Å². The number of nitrogens with zero attached hydrogens (tertiary/aromatic N) is 4. The molecule has 1 N–H and O–H groups in total. The van der Waals surface area contributed by atoms with E-state index in [0.717, 1.165) is 43.8 Å². The number of nitro benzene ring substituents is 1. The summed E-state index contributed by atoms with van der Waals surface area (Å²) < 4.78 is 7.68. The van der Waals surface area contributed by atoms with Gasteiger partial charge in [-0.2, -0.15) is 0 Å². The minimum atomic E-state index is -0.717. The molecule has 0 radical (unpaired) electrons. The van der Waals surface area contributed by atoms with Gasteiger partial charge < -0.3 is 19.2 Å². The van der Waals surface area contributed by atoms with Crippen LogP contribution in [0, 0.1) is 10.1 Å². The molecule has 1 fully saturated rings. The minimum Gasteiger partial charge on any atom is -0.379 e. The summed E-state index contributed by atoms with van der Waals surface area (Å²) >= 11 is 0. The summed E-state index contributed by atoms with van der Waals surface area (Å²) in [6.45, 7) is 4.69. The molecule has 146 valence electrons. The van der Waals surface area contributed by atoms with Crippen molar-refractivity contribution in [2.75, 3.05) is 44.7 Å². The zero-order valence-electron chi connectivity index (χ0n) is 15.4. The second-order valence-corrected chi connectivity index (χ2v) is 6.58. The standard InChI is InChI=1S/C17H23N5O5/c1-19-14-10-12(18-4-3-5-21-6-8-27-9-7-21)13(22(25)26)11-15(14)20(2)17(24)16(19)23/h10-11,18H,3-9H2,1-2H3. The fraction of sp³-hybridized carbons (Fsp3) is 0.529. The molecule has 1 aromatic heterocycles. The first-order chi connectivity index (χ1) is 12.9. The first-order valence-electron chi connectivity index (χ1n) is 8.82. The number of aromatic nitrogens is 2. The first-order valence-corrected chi connectivity index (χ1v) is 8.82. The maximum Gasteiger partial charge on any atom is 0.316 e. The van der Waals surface area contributed by atoms with Crippen molar-refractivity contribution in [1.82, 2.24) is 14.0 Å². The molecule has 0 amide bonds. The van der Waals surface area contributed by atoms with E-state index in [0.29, 0.717) is 23.3 Å². The monoisotopic (exact) mass is 377 g/mol. The molecule has 10 nitrogen and oxygen atoms in total. The number of aryl methyl sites for hydroxylation is 2. The van der Waals surface area contributed by atoms with Gasteiger partial charge in [-0.05, 0) is 19.0 Å². The molecular weight excluding hydrogens is 354 g/mol. The number of nitro groups is 1. The van der Waals surface area contributed by atoms with E-state index in [1.807, 2.05) is 0 Å². The molecule has 1 aromatic carbocycles. The van der Waals surface area contributed by atoms with Crippen LogP contribution in [0.2, 0.25) is 0 Å². The summed E-state index contributed by atoms with van der Waals surface area (Å²) in [5.41, 5.74) is -0.371. The van der Waals surface area contributed by atoms with E-state index < -0.39 is 16.0 Å². The van der Waals surface area contributed by atoms with Gasteiger partial charge in [-0.25, -0.2) is 0 Å². The third-order valence-electron chi connectivity index (χ3n) is 4.87. The van der Waals surface area contributed by atoms with Gasteiger partial charge in [0.15, 0.2) is 0 Å². The van der Waals surface area contributed by atoms with Crippen molar-refractivity contribution in [2.24, 2.45) is 14.1 Å². The van der Waals surface area contributed by atoms with E-state index in [2.05, 4.69) is 10.2 Å². The summed E-state index contributed by atoms with van der Waals surface area (Å²) in [5, 5.41) is 14.6. The van der Waals surface area contributed by atoms with Crippen molar-refractivity contribution in [2.45, 2.75) is 6.42 Å². The number of hydrogen-bond donors (Lipinski definition) is 1. The van der Waals surface area contributed by atoms with Gasteiger partial charge in [0.05, 0.1) is 29.2 Å². The second kappa shape index (κ2) is 7.89. The molecule has 0 bridgehead atoms. The summed E-state index contributed by atoms with van der Waals surface area (Å²) in [6, 6.07) is 2.89. The number of morpholine rings is 1. The maximum atomic E-state index is 12.0. The summed E-state index contributed by atoms with van der Waals surface area (Å²) in [4.78, 5) is 37.3. The maximum absolute atomic E-state index is 12.0. The summed E-state index contributed by atoms with van der Waals surface area (Å²) in [7, 11) is 2.92. The molecule has 0 atom stereocenters. The molecule has 1 aliphatic heterocycles. The van der Waals surface area contributed by atoms with Crippen LogP contribution in [-0.2, 0) is 18.8 Å². The average molecular weight is 377 g/mol. The lowest BCUT2D eigenvalue weighted by Gasteiger charge is -2.26. The van der Waals surface area contributed by atoms with E-state index in [9.17, 15) is 19.7 Å². The largest absolute Gasteiger partial charge is 0.379 e. The van der Waals surface area contributed by atoms with E-state index >= 15 is 0 Å². The lowest BCUT2D eigenvalue weighted by Crippen LogP contribution is -2.39. The van der Waals surface area contributed by atoms with Gasteiger partial charge in [-0.3, -0.25) is 24.6 Å². The highest BCUT2D eigenvalue weighted by Gasteiger charge is 2.19. The molecule has 3 rings (SSSR count). The molecule has 2 heterocycles. The van der Waals surface area contributed by atoms with Gasteiger partial charge in [0.1, 0.15) is 5.69 Å². The van der Waals surface area contributed by atoms with E-state index in [-0.39, 0.29) is 5.69 Å². The fourth-order valence-corrected chi connectivity index (χ4v) is 3.25. The molecular formula is C17H23N5O5.